The Bertz CT molecular complexity index is 1120. The fraction of sp³-hybridized carbons (Fsp3) is 0.300. The van der Waals surface area contributed by atoms with E-state index in [1.165, 1.54) is 9.78 Å². The first kappa shape index (κ1) is 16.7. The van der Waals surface area contributed by atoms with Gasteiger partial charge in [-0.2, -0.15) is 0 Å². The number of hydrogen-bond donors (Lipinski definition) is 3. The van der Waals surface area contributed by atoms with E-state index in [1.54, 1.807) is 4.90 Å². The molecule has 0 atom stereocenters. The summed E-state index contributed by atoms with van der Waals surface area (Å²) in [7, 11) is 0. The van der Waals surface area contributed by atoms with Gasteiger partial charge in [0, 0.05) is 5.39 Å². The van der Waals surface area contributed by atoms with Crippen LogP contribution in [0.15, 0.2) is 51.0 Å². The number of fused-ring (bicyclic) bond motifs is 3. The van der Waals surface area contributed by atoms with Crippen molar-refractivity contribution in [2.45, 2.75) is 13.1 Å². The molecule has 1 aromatic carbocycles. The van der Waals surface area contributed by atoms with Crippen molar-refractivity contribution >= 4 is 33.4 Å². The van der Waals surface area contributed by atoms with Gasteiger partial charge in [0.2, 0.25) is 5.58 Å². The van der Waals surface area contributed by atoms with Gasteiger partial charge < -0.3 is 19.2 Å². The zero-order valence-corrected chi connectivity index (χ0v) is 15.8. The third-order valence-corrected chi connectivity index (χ3v) is 6.24. The lowest BCUT2D eigenvalue weighted by atomic mass is 10.2. The molecule has 3 aromatic heterocycles. The van der Waals surface area contributed by atoms with E-state index >= 15 is 0 Å². The highest BCUT2D eigenvalue weighted by atomic mass is 32.1. The molecule has 6 nitrogen and oxygen atoms in total. The molecule has 5 rings (SSSR count). The topological polar surface area (TPSA) is 67.8 Å². The molecule has 0 unspecified atom stereocenters. The number of benzene rings is 1. The van der Waals surface area contributed by atoms with Crippen LogP contribution in [-0.4, -0.2) is 36.1 Å². The molecule has 4 aromatic rings. The van der Waals surface area contributed by atoms with Gasteiger partial charge in [0.1, 0.15) is 50.4 Å². The fourth-order valence-electron chi connectivity index (χ4n) is 3.94. The van der Waals surface area contributed by atoms with Gasteiger partial charge >= 0.3 is 0 Å². The lowest BCUT2D eigenvalue weighted by Gasteiger charge is -2.29. The van der Waals surface area contributed by atoms with E-state index in [0.717, 1.165) is 50.5 Å². The van der Waals surface area contributed by atoms with Crippen LogP contribution in [-0.2, 0) is 13.1 Å². The summed E-state index contributed by atoms with van der Waals surface area (Å²) < 4.78 is 5.68. The lowest BCUT2D eigenvalue weighted by molar-refractivity contribution is -1.02. The van der Waals surface area contributed by atoms with Crippen LogP contribution in [0.2, 0.25) is 0 Å². The second-order valence-electron chi connectivity index (χ2n) is 7.22. The Morgan fingerprint density at radius 2 is 1.81 bits per heavy atom. The number of nitrogens with one attached hydrogen (secondary N) is 3. The number of nitrogens with zero attached hydrogens (tertiary/aromatic N) is 1. The van der Waals surface area contributed by atoms with E-state index < -0.39 is 0 Å². The van der Waals surface area contributed by atoms with Crippen molar-refractivity contribution in [2.75, 3.05) is 26.2 Å². The Labute approximate surface area is 160 Å². The largest absolute Gasteiger partial charge is 0.449 e. The molecule has 138 valence electrons. The Kier molecular flexibility index (Phi) is 4.27. The first-order valence-corrected chi connectivity index (χ1v) is 10.2. The summed E-state index contributed by atoms with van der Waals surface area (Å²) in [5.74, 6) is 0.746. The molecule has 27 heavy (non-hydrogen) atoms. The minimum atomic E-state index is -0.187. The molecule has 0 spiro atoms. The number of piperazine rings is 1. The highest BCUT2D eigenvalue weighted by molar-refractivity contribution is 7.09. The molecular formula is C20H22N4O2S+2. The molecule has 7 heteroatoms. The number of furan rings is 1. The van der Waals surface area contributed by atoms with E-state index in [4.69, 9.17) is 9.40 Å². The molecule has 1 aliphatic rings. The molecule has 1 aliphatic heterocycles. The predicted molar refractivity (Wildman–Crippen MR) is 105 cm³/mol. The first-order chi connectivity index (χ1) is 13.3. The minimum absolute atomic E-state index is 0.187. The highest BCUT2D eigenvalue weighted by Crippen LogP contribution is 2.24. The normalized spacial score (nSPS) is 20.4. The monoisotopic (exact) mass is 382 g/mol. The second-order valence-corrected chi connectivity index (χ2v) is 8.25. The molecule has 1 fully saturated rings. The number of H-pyrrole nitrogens is 1. The second kappa shape index (κ2) is 6.92. The fourth-order valence-corrected chi connectivity index (χ4v) is 4.71. The summed E-state index contributed by atoms with van der Waals surface area (Å²) in [4.78, 5) is 24.6. The quantitative estimate of drug-likeness (QED) is 0.473. The maximum atomic E-state index is 12.4. The number of hydrogen-bond acceptors (Lipinski definition) is 4. The molecule has 0 radical (unpaired) electrons. The first-order valence-electron chi connectivity index (χ1n) is 9.36. The lowest BCUT2D eigenvalue weighted by Crippen LogP contribution is -3.27. The van der Waals surface area contributed by atoms with Crippen LogP contribution in [0.25, 0.3) is 22.1 Å². The van der Waals surface area contributed by atoms with Crippen LogP contribution >= 0.6 is 11.3 Å². The third-order valence-electron chi connectivity index (χ3n) is 5.37. The van der Waals surface area contributed by atoms with Crippen LogP contribution in [0.4, 0.5) is 0 Å². The van der Waals surface area contributed by atoms with E-state index in [-0.39, 0.29) is 5.56 Å². The van der Waals surface area contributed by atoms with Crippen molar-refractivity contribution < 1.29 is 14.2 Å². The van der Waals surface area contributed by atoms with Gasteiger partial charge in [-0.05, 0) is 23.6 Å². The number of aromatic amines is 1. The zero-order chi connectivity index (χ0) is 18.2. The average Bonchev–Trinajstić information content (AvgIpc) is 3.32. The maximum Gasteiger partial charge on any atom is 0.294 e. The maximum absolute atomic E-state index is 12.4. The Balaban J connectivity index is 1.32. The van der Waals surface area contributed by atoms with Crippen molar-refractivity contribution in [2.24, 2.45) is 0 Å². The average molecular weight is 382 g/mol. The summed E-state index contributed by atoms with van der Waals surface area (Å²) in [6.07, 6.45) is 0. The number of quaternary nitrogens is 2. The van der Waals surface area contributed by atoms with Crippen molar-refractivity contribution in [3.63, 3.8) is 0 Å². The van der Waals surface area contributed by atoms with Crippen molar-refractivity contribution in [1.82, 2.24) is 9.97 Å². The Morgan fingerprint density at radius 3 is 2.59 bits per heavy atom. The Morgan fingerprint density at radius 1 is 1.04 bits per heavy atom. The molecule has 0 aliphatic carbocycles. The van der Waals surface area contributed by atoms with Gasteiger partial charge in [0.25, 0.3) is 5.56 Å². The number of aromatic nitrogens is 2. The molecule has 0 amide bonds. The molecule has 4 heterocycles. The van der Waals surface area contributed by atoms with Crippen LogP contribution < -0.4 is 15.4 Å². The van der Waals surface area contributed by atoms with Crippen LogP contribution in [0.1, 0.15) is 10.7 Å². The third kappa shape index (κ3) is 3.29. The van der Waals surface area contributed by atoms with E-state index in [9.17, 15) is 4.79 Å². The van der Waals surface area contributed by atoms with Gasteiger partial charge in [-0.1, -0.05) is 18.2 Å². The van der Waals surface area contributed by atoms with E-state index in [1.807, 2.05) is 35.6 Å². The molecular weight excluding hydrogens is 360 g/mol. The molecule has 1 saturated heterocycles. The van der Waals surface area contributed by atoms with Gasteiger partial charge in [0.05, 0.1) is 4.88 Å². The van der Waals surface area contributed by atoms with Gasteiger partial charge in [-0.3, -0.25) is 4.79 Å². The summed E-state index contributed by atoms with van der Waals surface area (Å²) >= 11 is 1.84. The van der Waals surface area contributed by atoms with Crippen LogP contribution in [0, 0.1) is 0 Å². The summed E-state index contributed by atoms with van der Waals surface area (Å²) in [6.45, 7) is 6.34. The van der Waals surface area contributed by atoms with Gasteiger partial charge in [-0.25, -0.2) is 4.98 Å². The zero-order valence-electron chi connectivity index (χ0n) is 15.0. The molecule has 0 bridgehead atoms. The predicted octanol–water partition coefficient (Wildman–Crippen LogP) is 0.214. The number of para-hydroxylation sites is 1. The van der Waals surface area contributed by atoms with Gasteiger partial charge in [0.15, 0.2) is 5.82 Å². The smallest absolute Gasteiger partial charge is 0.294 e. The summed E-state index contributed by atoms with van der Waals surface area (Å²) in [5.41, 5.74) is 1.51. The van der Waals surface area contributed by atoms with Crippen molar-refractivity contribution in [3.8, 4) is 0 Å². The molecule has 3 N–H and O–H groups in total. The SMILES string of the molecule is O=c1[nH]c(C[NH+]2CC[NH+](Cc3cccs3)CC2)nc2c1oc1ccccc12. The molecule has 0 saturated carbocycles. The number of thiophene rings is 1. The minimum Gasteiger partial charge on any atom is -0.449 e. The van der Waals surface area contributed by atoms with Gasteiger partial charge in [-0.15, -0.1) is 11.3 Å². The van der Waals surface area contributed by atoms with Crippen molar-refractivity contribution in [3.05, 3.63) is 62.8 Å². The summed E-state index contributed by atoms with van der Waals surface area (Å²) in [6, 6.07) is 12.0. The van der Waals surface area contributed by atoms with E-state index in [0.29, 0.717) is 16.7 Å². The van der Waals surface area contributed by atoms with Crippen molar-refractivity contribution in [1.29, 1.82) is 0 Å². The summed E-state index contributed by atoms with van der Waals surface area (Å²) in [5, 5.41) is 3.05. The Hall–Kier alpha value is -2.48. The standard InChI is InChI=1S/C20H20N4O2S/c25-20-19-18(15-5-1-2-6-16(15)26-19)21-17(22-20)13-24-9-7-23(8-10-24)12-14-4-3-11-27-14/h1-6,11H,7-10,12-13H2,(H,21,22,25)/p+2. The highest BCUT2D eigenvalue weighted by Gasteiger charge is 2.24. The van der Waals surface area contributed by atoms with Crippen LogP contribution in [0.3, 0.4) is 0 Å². The number of rotatable bonds is 4. The van der Waals surface area contributed by atoms with E-state index in [2.05, 4.69) is 22.5 Å². The van der Waals surface area contributed by atoms with Crippen LogP contribution in [0.5, 0.6) is 0 Å².